The van der Waals surface area contributed by atoms with Crippen molar-refractivity contribution in [2.24, 2.45) is 5.92 Å². The van der Waals surface area contributed by atoms with E-state index in [-0.39, 0.29) is 0 Å². The molecule has 0 saturated carbocycles. The first-order valence-corrected chi connectivity index (χ1v) is 5.48. The van der Waals surface area contributed by atoms with Gasteiger partial charge in [-0.25, -0.2) is 0 Å². The first kappa shape index (κ1) is 9.44. The number of piperidine rings is 1. The number of hydrogen-bond donors (Lipinski definition) is 3. The molecule has 2 aliphatic heterocycles. The lowest BCUT2D eigenvalue weighted by molar-refractivity contribution is 0.162. The Morgan fingerprint density at radius 3 is 2.38 bits per heavy atom. The summed E-state index contributed by atoms with van der Waals surface area (Å²) in [5.41, 5.74) is 0.348. The van der Waals surface area contributed by atoms with E-state index < -0.39 is 0 Å². The van der Waals surface area contributed by atoms with E-state index in [0.717, 1.165) is 25.6 Å². The average Bonchev–Trinajstić information content (AvgIpc) is 2.20. The van der Waals surface area contributed by atoms with E-state index in [2.05, 4.69) is 22.9 Å². The van der Waals surface area contributed by atoms with Crippen LogP contribution < -0.4 is 16.0 Å². The predicted octanol–water partition coefficient (Wildman–Crippen LogP) is -0.0625. The zero-order valence-electron chi connectivity index (χ0n) is 8.53. The fourth-order valence-corrected chi connectivity index (χ4v) is 2.59. The summed E-state index contributed by atoms with van der Waals surface area (Å²) in [5.74, 6) is 0.849. The third-order valence-corrected chi connectivity index (χ3v) is 3.56. The molecule has 2 aliphatic rings. The fourth-order valence-electron chi connectivity index (χ4n) is 2.59. The van der Waals surface area contributed by atoms with Gasteiger partial charge in [0, 0.05) is 25.2 Å². The van der Waals surface area contributed by atoms with Gasteiger partial charge in [-0.2, -0.15) is 0 Å². The van der Waals surface area contributed by atoms with Gasteiger partial charge in [0.15, 0.2) is 0 Å². The molecule has 1 atom stereocenters. The third-order valence-electron chi connectivity index (χ3n) is 3.56. The molecule has 0 bridgehead atoms. The van der Waals surface area contributed by atoms with E-state index in [1.807, 2.05) is 0 Å². The van der Waals surface area contributed by atoms with Crippen LogP contribution in [0, 0.1) is 5.92 Å². The van der Waals surface area contributed by atoms with Crippen molar-refractivity contribution in [3.8, 4) is 0 Å². The molecule has 3 N–H and O–H groups in total. The quantitative estimate of drug-likeness (QED) is 0.533. The van der Waals surface area contributed by atoms with Crippen LogP contribution in [0.5, 0.6) is 0 Å². The van der Waals surface area contributed by atoms with Crippen LogP contribution in [0.4, 0.5) is 0 Å². The van der Waals surface area contributed by atoms with Crippen molar-refractivity contribution < 1.29 is 0 Å². The summed E-state index contributed by atoms with van der Waals surface area (Å²) in [6.07, 6.45) is 2.65. The van der Waals surface area contributed by atoms with Crippen molar-refractivity contribution in [3.63, 3.8) is 0 Å². The molecular formula is C10H21N3. The Morgan fingerprint density at radius 1 is 1.00 bits per heavy atom. The Hall–Kier alpha value is -0.120. The lowest BCUT2D eigenvalue weighted by Crippen LogP contribution is -2.62. The highest BCUT2D eigenvalue weighted by Gasteiger charge is 2.35. The highest BCUT2D eigenvalue weighted by molar-refractivity contribution is 4.96. The van der Waals surface area contributed by atoms with E-state index >= 15 is 0 Å². The average molecular weight is 183 g/mol. The Morgan fingerprint density at radius 2 is 1.77 bits per heavy atom. The summed E-state index contributed by atoms with van der Waals surface area (Å²) in [6, 6.07) is 0. The normalized spacial score (nSPS) is 37.6. The van der Waals surface area contributed by atoms with Gasteiger partial charge in [0.25, 0.3) is 0 Å². The number of rotatable bonds is 1. The van der Waals surface area contributed by atoms with Gasteiger partial charge >= 0.3 is 0 Å². The van der Waals surface area contributed by atoms with Crippen molar-refractivity contribution in [2.45, 2.75) is 25.3 Å². The van der Waals surface area contributed by atoms with Gasteiger partial charge < -0.3 is 16.0 Å². The maximum Gasteiger partial charge on any atom is 0.0307 e. The van der Waals surface area contributed by atoms with Gasteiger partial charge in [-0.05, 0) is 38.8 Å². The van der Waals surface area contributed by atoms with Crippen molar-refractivity contribution in [2.75, 3.05) is 32.7 Å². The van der Waals surface area contributed by atoms with Crippen molar-refractivity contribution in [1.29, 1.82) is 0 Å². The van der Waals surface area contributed by atoms with E-state index in [4.69, 9.17) is 0 Å². The van der Waals surface area contributed by atoms with Crippen molar-refractivity contribution in [1.82, 2.24) is 16.0 Å². The first-order chi connectivity index (χ1) is 6.31. The number of hydrogen-bond acceptors (Lipinski definition) is 3. The smallest absolute Gasteiger partial charge is 0.0307 e. The summed E-state index contributed by atoms with van der Waals surface area (Å²) in [6.45, 7) is 8.15. The minimum Gasteiger partial charge on any atom is -0.317 e. The number of nitrogens with one attached hydrogen (secondary N) is 3. The maximum atomic E-state index is 3.67. The van der Waals surface area contributed by atoms with Crippen LogP contribution in [-0.2, 0) is 0 Å². The molecule has 0 spiro atoms. The highest BCUT2D eigenvalue weighted by atomic mass is 15.1. The lowest BCUT2D eigenvalue weighted by atomic mass is 9.78. The highest BCUT2D eigenvalue weighted by Crippen LogP contribution is 2.26. The number of piperazine rings is 1. The van der Waals surface area contributed by atoms with Gasteiger partial charge in [0.2, 0.25) is 0 Å². The molecule has 2 rings (SSSR count). The molecule has 0 aliphatic carbocycles. The standard InChI is InChI=1S/C10H21N3/c1-10(8-12-6-7-13-10)9-2-4-11-5-3-9/h9,11-13H,2-8H2,1H3. The first-order valence-electron chi connectivity index (χ1n) is 5.48. The Labute approximate surface area is 80.7 Å². The van der Waals surface area contributed by atoms with Crippen LogP contribution in [0.15, 0.2) is 0 Å². The van der Waals surface area contributed by atoms with Gasteiger partial charge in [-0.1, -0.05) is 0 Å². The maximum absolute atomic E-state index is 3.67. The molecule has 2 heterocycles. The van der Waals surface area contributed by atoms with Crippen molar-refractivity contribution in [3.05, 3.63) is 0 Å². The second-order valence-corrected chi connectivity index (χ2v) is 4.55. The van der Waals surface area contributed by atoms with Crippen molar-refractivity contribution >= 4 is 0 Å². The second-order valence-electron chi connectivity index (χ2n) is 4.55. The largest absolute Gasteiger partial charge is 0.317 e. The summed E-state index contributed by atoms with van der Waals surface area (Å²) < 4.78 is 0. The summed E-state index contributed by atoms with van der Waals surface area (Å²) >= 11 is 0. The molecule has 3 nitrogen and oxygen atoms in total. The molecule has 0 aromatic carbocycles. The van der Waals surface area contributed by atoms with Crippen LogP contribution in [0.1, 0.15) is 19.8 Å². The fraction of sp³-hybridized carbons (Fsp3) is 1.00. The minimum absolute atomic E-state index is 0.348. The molecule has 3 heteroatoms. The summed E-state index contributed by atoms with van der Waals surface area (Å²) in [4.78, 5) is 0. The third kappa shape index (κ3) is 2.03. The molecule has 0 amide bonds. The molecule has 76 valence electrons. The molecule has 0 radical (unpaired) electrons. The van der Waals surface area contributed by atoms with Crippen LogP contribution >= 0.6 is 0 Å². The Kier molecular flexibility index (Phi) is 2.86. The molecule has 13 heavy (non-hydrogen) atoms. The van der Waals surface area contributed by atoms with E-state index in [1.165, 1.54) is 25.9 Å². The zero-order valence-corrected chi connectivity index (χ0v) is 8.53. The van der Waals surface area contributed by atoms with Gasteiger partial charge in [-0.3, -0.25) is 0 Å². The van der Waals surface area contributed by atoms with Crippen LogP contribution in [0.25, 0.3) is 0 Å². The van der Waals surface area contributed by atoms with Gasteiger partial charge in [-0.15, -0.1) is 0 Å². The van der Waals surface area contributed by atoms with Crippen LogP contribution in [0.2, 0.25) is 0 Å². The predicted molar refractivity (Wildman–Crippen MR) is 54.9 cm³/mol. The van der Waals surface area contributed by atoms with Gasteiger partial charge in [0.1, 0.15) is 0 Å². The topological polar surface area (TPSA) is 36.1 Å². The van der Waals surface area contributed by atoms with E-state index in [0.29, 0.717) is 5.54 Å². The summed E-state index contributed by atoms with van der Waals surface area (Å²) in [7, 11) is 0. The summed E-state index contributed by atoms with van der Waals surface area (Å²) in [5, 5.41) is 10.6. The van der Waals surface area contributed by atoms with E-state index in [1.54, 1.807) is 0 Å². The Balaban J connectivity index is 1.94. The SMILES string of the molecule is CC1(C2CCNCC2)CNCCN1. The van der Waals surface area contributed by atoms with Crippen LogP contribution in [0.3, 0.4) is 0 Å². The lowest BCUT2D eigenvalue weighted by Gasteiger charge is -2.43. The molecule has 2 fully saturated rings. The molecule has 1 unspecified atom stereocenters. The van der Waals surface area contributed by atoms with Crippen LogP contribution in [-0.4, -0.2) is 38.3 Å². The molecule has 0 aromatic rings. The second kappa shape index (κ2) is 3.95. The van der Waals surface area contributed by atoms with E-state index in [9.17, 15) is 0 Å². The molecule has 2 saturated heterocycles. The minimum atomic E-state index is 0.348. The molecule has 0 aromatic heterocycles. The van der Waals surface area contributed by atoms with Gasteiger partial charge in [0.05, 0.1) is 0 Å². The molecular weight excluding hydrogens is 162 g/mol. The zero-order chi connectivity index (χ0) is 9.15. The monoisotopic (exact) mass is 183 g/mol. The Bertz CT molecular complexity index is 158.